The number of aromatic nitrogens is 2. The molecule has 0 bridgehead atoms. The molecule has 0 saturated heterocycles. The summed E-state index contributed by atoms with van der Waals surface area (Å²) in [5, 5.41) is 16.7. The highest BCUT2D eigenvalue weighted by molar-refractivity contribution is 6.06. The van der Waals surface area contributed by atoms with Gasteiger partial charge in [0.05, 0.1) is 12.0 Å². The van der Waals surface area contributed by atoms with E-state index in [1.165, 1.54) is 10.9 Å². The molecule has 0 spiro atoms. The number of carbonyl (C=O) groups excluding carboxylic acids is 1. The summed E-state index contributed by atoms with van der Waals surface area (Å²) in [7, 11) is 0. The van der Waals surface area contributed by atoms with E-state index in [0.29, 0.717) is 24.4 Å². The Kier molecular flexibility index (Phi) is 4.92. The van der Waals surface area contributed by atoms with E-state index >= 15 is 0 Å². The Morgan fingerprint density at radius 3 is 2.70 bits per heavy atom. The molecule has 0 saturated carbocycles. The molecule has 0 unspecified atom stereocenters. The fourth-order valence-electron chi connectivity index (χ4n) is 2.22. The Bertz CT molecular complexity index is 625. The van der Waals surface area contributed by atoms with Crippen LogP contribution in [0.2, 0.25) is 0 Å². The van der Waals surface area contributed by atoms with Crippen LogP contribution in [-0.4, -0.2) is 45.0 Å². The summed E-state index contributed by atoms with van der Waals surface area (Å²) in [6.45, 7) is 6.44. The van der Waals surface area contributed by atoms with Gasteiger partial charge in [0.1, 0.15) is 18.2 Å². The summed E-state index contributed by atoms with van der Waals surface area (Å²) in [5.74, 6) is -0.492. The molecule has 1 aromatic rings. The fraction of sp³-hybridized carbons (Fsp3) is 0.533. The summed E-state index contributed by atoms with van der Waals surface area (Å²) >= 11 is 0. The normalized spacial score (nSPS) is 15.7. The topological polar surface area (TPSA) is 96.0 Å². The Morgan fingerprint density at radius 2 is 2.22 bits per heavy atom. The van der Waals surface area contributed by atoms with Gasteiger partial charge >= 0.3 is 5.97 Å². The molecular weight excluding hydrogens is 300 g/mol. The number of rotatable bonds is 5. The van der Waals surface area contributed by atoms with Crippen molar-refractivity contribution in [1.82, 2.24) is 10.00 Å². The Balaban J connectivity index is 2.08. The molecule has 1 N–H and O–H groups in total. The lowest BCUT2D eigenvalue weighted by Crippen LogP contribution is -2.41. The first-order valence-electron chi connectivity index (χ1n) is 7.47. The van der Waals surface area contributed by atoms with Gasteiger partial charge in [0.2, 0.25) is 0 Å². The van der Waals surface area contributed by atoms with E-state index in [1.54, 1.807) is 17.2 Å². The van der Waals surface area contributed by atoms with Gasteiger partial charge in [-0.25, -0.2) is 0 Å². The van der Waals surface area contributed by atoms with Gasteiger partial charge < -0.3 is 9.94 Å². The standard InChI is InChI=1S/C15H20N4O4/c1-4-19(12-9-15(2,3)23-17-12)14(22)11-5-7-18(16-10-11)8-6-13(20)21/h5,7,10H,4,6,8-9H2,1-3H3/p+1. The predicted octanol–water partition coefficient (Wildman–Crippen LogP) is 0.818. The second-order valence-corrected chi connectivity index (χ2v) is 5.91. The molecular formula is C15H21N4O4+. The summed E-state index contributed by atoms with van der Waals surface area (Å²) in [5.41, 5.74) is 0.0171. The molecule has 2 rings (SSSR count). The predicted molar refractivity (Wildman–Crippen MR) is 80.6 cm³/mol. The first-order chi connectivity index (χ1) is 10.8. The zero-order valence-corrected chi connectivity index (χ0v) is 13.5. The molecule has 124 valence electrons. The smallest absolute Gasteiger partial charge is 0.309 e. The van der Waals surface area contributed by atoms with E-state index < -0.39 is 11.6 Å². The third-order valence-electron chi connectivity index (χ3n) is 3.43. The van der Waals surface area contributed by atoms with Gasteiger partial charge in [-0.05, 0) is 25.9 Å². The quantitative estimate of drug-likeness (QED) is 0.810. The molecule has 0 fully saturated rings. The maximum absolute atomic E-state index is 12.6. The molecule has 2 heterocycles. The van der Waals surface area contributed by atoms with Crippen LogP contribution in [0.25, 0.3) is 0 Å². The van der Waals surface area contributed by atoms with Gasteiger partial charge in [0.25, 0.3) is 5.91 Å². The number of hydrogen-bond donors (Lipinski definition) is 1. The molecule has 23 heavy (non-hydrogen) atoms. The maximum atomic E-state index is 12.6. The summed E-state index contributed by atoms with van der Waals surface area (Å²) in [6.07, 6.45) is 3.58. The summed E-state index contributed by atoms with van der Waals surface area (Å²) < 4.78 is 1.49. The average Bonchev–Trinajstić information content (AvgIpc) is 2.86. The van der Waals surface area contributed by atoms with Crippen molar-refractivity contribution in [3.63, 3.8) is 0 Å². The molecule has 1 aliphatic heterocycles. The van der Waals surface area contributed by atoms with Gasteiger partial charge in [-0.1, -0.05) is 9.84 Å². The monoisotopic (exact) mass is 321 g/mol. The lowest BCUT2D eigenvalue weighted by molar-refractivity contribution is -0.753. The van der Waals surface area contributed by atoms with E-state index in [2.05, 4.69) is 10.3 Å². The molecule has 8 heteroatoms. The number of aryl methyl sites for hydroxylation is 1. The maximum Gasteiger partial charge on any atom is 0.309 e. The highest BCUT2D eigenvalue weighted by Gasteiger charge is 2.34. The lowest BCUT2D eigenvalue weighted by atomic mass is 10.0. The molecule has 0 aromatic carbocycles. The molecule has 1 aromatic heterocycles. The van der Waals surface area contributed by atoms with Gasteiger partial charge in [0.15, 0.2) is 18.6 Å². The van der Waals surface area contributed by atoms with Crippen LogP contribution in [0.3, 0.4) is 0 Å². The van der Waals surface area contributed by atoms with Gasteiger partial charge in [0, 0.05) is 12.6 Å². The van der Waals surface area contributed by atoms with Crippen molar-refractivity contribution in [1.29, 1.82) is 0 Å². The third kappa shape index (κ3) is 4.24. The molecule has 1 amide bonds. The van der Waals surface area contributed by atoms with Crippen molar-refractivity contribution in [2.75, 3.05) is 6.54 Å². The van der Waals surface area contributed by atoms with Crippen molar-refractivity contribution in [3.05, 3.63) is 24.0 Å². The van der Waals surface area contributed by atoms with E-state index in [9.17, 15) is 9.59 Å². The number of carboxylic acids is 1. The summed E-state index contributed by atoms with van der Waals surface area (Å²) in [6, 6.07) is 1.63. The number of hydrogen-bond acceptors (Lipinski definition) is 5. The number of amides is 1. The second kappa shape index (κ2) is 6.72. The van der Waals surface area contributed by atoms with E-state index in [4.69, 9.17) is 9.94 Å². The van der Waals surface area contributed by atoms with Crippen LogP contribution in [0.5, 0.6) is 0 Å². The number of carbonyl (C=O) groups is 2. The van der Waals surface area contributed by atoms with E-state index in [1.807, 2.05) is 20.8 Å². The first-order valence-corrected chi connectivity index (χ1v) is 7.47. The van der Waals surface area contributed by atoms with Crippen molar-refractivity contribution >= 4 is 17.7 Å². The van der Waals surface area contributed by atoms with Crippen LogP contribution in [-0.2, 0) is 16.2 Å². The average molecular weight is 321 g/mol. The Morgan fingerprint density at radius 1 is 1.48 bits per heavy atom. The highest BCUT2D eigenvalue weighted by Crippen LogP contribution is 2.24. The van der Waals surface area contributed by atoms with Crippen molar-refractivity contribution in [2.24, 2.45) is 5.16 Å². The van der Waals surface area contributed by atoms with Crippen LogP contribution in [0, 0.1) is 0 Å². The van der Waals surface area contributed by atoms with Crippen molar-refractivity contribution < 1.29 is 24.2 Å². The zero-order chi connectivity index (χ0) is 17.0. The minimum atomic E-state index is -0.890. The van der Waals surface area contributed by atoms with E-state index in [-0.39, 0.29) is 18.9 Å². The number of nitrogens with zero attached hydrogens (tertiary/aromatic N) is 4. The molecule has 0 radical (unpaired) electrons. The van der Waals surface area contributed by atoms with Crippen LogP contribution in [0.15, 0.2) is 23.6 Å². The Labute approximate surface area is 134 Å². The molecule has 0 atom stereocenters. The van der Waals surface area contributed by atoms with Crippen LogP contribution >= 0.6 is 0 Å². The molecule has 8 nitrogen and oxygen atoms in total. The van der Waals surface area contributed by atoms with Gasteiger partial charge in [-0.2, -0.15) is 0 Å². The largest absolute Gasteiger partial charge is 0.481 e. The van der Waals surface area contributed by atoms with Crippen molar-refractivity contribution in [2.45, 2.75) is 45.8 Å². The minimum absolute atomic E-state index is 0.0186. The molecule has 1 aliphatic rings. The second-order valence-electron chi connectivity index (χ2n) is 5.91. The highest BCUT2D eigenvalue weighted by atomic mass is 16.7. The van der Waals surface area contributed by atoms with Crippen LogP contribution in [0.4, 0.5) is 0 Å². The summed E-state index contributed by atoms with van der Waals surface area (Å²) in [4.78, 5) is 30.0. The number of carboxylic acid groups (broad SMARTS) is 1. The van der Waals surface area contributed by atoms with Crippen molar-refractivity contribution in [3.8, 4) is 0 Å². The Hall–Kier alpha value is -2.51. The van der Waals surface area contributed by atoms with Crippen LogP contribution in [0.1, 0.15) is 44.0 Å². The number of aliphatic carboxylic acids is 1. The number of oxime groups is 1. The fourth-order valence-corrected chi connectivity index (χ4v) is 2.22. The van der Waals surface area contributed by atoms with Crippen LogP contribution < -0.4 is 4.68 Å². The van der Waals surface area contributed by atoms with Gasteiger partial charge in [-0.15, -0.1) is 0 Å². The van der Waals surface area contributed by atoms with Gasteiger partial charge in [-0.3, -0.25) is 14.5 Å². The molecule has 0 aliphatic carbocycles. The first kappa shape index (κ1) is 16.9. The lowest BCUT2D eigenvalue weighted by Gasteiger charge is -2.20. The number of amidine groups is 1. The van der Waals surface area contributed by atoms with E-state index in [0.717, 1.165) is 0 Å². The minimum Gasteiger partial charge on any atom is -0.481 e. The SMILES string of the molecule is CCN(C(=O)c1cc[n+](CCC(=O)O)nc1)C1=NOC(C)(C)C1. The third-order valence-corrected chi connectivity index (χ3v) is 3.43. The zero-order valence-electron chi connectivity index (χ0n) is 13.5.